The van der Waals surface area contributed by atoms with Crippen molar-refractivity contribution in [2.45, 2.75) is 19.4 Å². The Labute approximate surface area is 85.7 Å². The van der Waals surface area contributed by atoms with Gasteiger partial charge >= 0.3 is 0 Å². The molecule has 2 rings (SSSR count). The van der Waals surface area contributed by atoms with Crippen LogP contribution in [0.1, 0.15) is 13.3 Å². The molecule has 2 saturated heterocycles. The van der Waals surface area contributed by atoms with Crippen LogP contribution in [-0.4, -0.2) is 44.7 Å². The van der Waals surface area contributed by atoms with Gasteiger partial charge in [-0.25, -0.2) is 8.42 Å². The van der Waals surface area contributed by atoms with Gasteiger partial charge in [0.05, 0.1) is 6.26 Å². The maximum Gasteiger partial charge on any atom is 0.211 e. The van der Waals surface area contributed by atoms with Gasteiger partial charge < -0.3 is 5.32 Å². The van der Waals surface area contributed by atoms with Crippen molar-refractivity contribution in [3.63, 3.8) is 0 Å². The first kappa shape index (κ1) is 10.4. The molecule has 2 aliphatic heterocycles. The quantitative estimate of drug-likeness (QED) is 0.703. The van der Waals surface area contributed by atoms with Crippen LogP contribution >= 0.6 is 0 Å². The van der Waals surface area contributed by atoms with Gasteiger partial charge in [0.25, 0.3) is 0 Å². The highest BCUT2D eigenvalue weighted by Crippen LogP contribution is 2.35. The van der Waals surface area contributed by atoms with E-state index in [9.17, 15) is 8.42 Å². The Kier molecular flexibility index (Phi) is 2.57. The SMILES string of the molecule is CCC1C2CNCC2CN1S(C)(=O)=O. The van der Waals surface area contributed by atoms with Gasteiger partial charge in [-0.1, -0.05) is 6.92 Å². The number of hydrogen-bond donors (Lipinski definition) is 1. The molecule has 2 aliphatic rings. The Morgan fingerprint density at radius 2 is 2.14 bits per heavy atom. The molecule has 82 valence electrons. The standard InChI is InChI=1S/C9H18N2O2S/c1-3-9-8-5-10-4-7(8)6-11(9)14(2,12)13/h7-10H,3-6H2,1-2H3. The van der Waals surface area contributed by atoms with Gasteiger partial charge in [0.15, 0.2) is 0 Å². The molecule has 0 aromatic carbocycles. The molecule has 1 N–H and O–H groups in total. The first-order chi connectivity index (χ1) is 6.54. The van der Waals surface area contributed by atoms with Crippen LogP contribution in [0.2, 0.25) is 0 Å². The minimum Gasteiger partial charge on any atom is -0.316 e. The average molecular weight is 218 g/mol. The third kappa shape index (κ3) is 1.57. The smallest absolute Gasteiger partial charge is 0.211 e. The van der Waals surface area contributed by atoms with Crippen LogP contribution in [0.4, 0.5) is 0 Å². The van der Waals surface area contributed by atoms with Crippen molar-refractivity contribution in [3.05, 3.63) is 0 Å². The molecule has 4 nitrogen and oxygen atoms in total. The van der Waals surface area contributed by atoms with E-state index in [0.717, 1.165) is 26.1 Å². The van der Waals surface area contributed by atoms with Crippen LogP contribution in [0, 0.1) is 11.8 Å². The van der Waals surface area contributed by atoms with Gasteiger partial charge in [0.1, 0.15) is 0 Å². The van der Waals surface area contributed by atoms with Gasteiger partial charge in [-0.3, -0.25) is 0 Å². The monoisotopic (exact) mass is 218 g/mol. The predicted octanol–water partition coefficient (Wildman–Crippen LogP) is -0.124. The van der Waals surface area contributed by atoms with E-state index in [-0.39, 0.29) is 6.04 Å². The molecule has 3 atom stereocenters. The molecular formula is C9H18N2O2S. The fraction of sp³-hybridized carbons (Fsp3) is 1.00. The van der Waals surface area contributed by atoms with E-state index in [2.05, 4.69) is 12.2 Å². The van der Waals surface area contributed by atoms with Crippen LogP contribution in [0.3, 0.4) is 0 Å². The molecule has 0 amide bonds. The van der Waals surface area contributed by atoms with Crippen molar-refractivity contribution < 1.29 is 8.42 Å². The maximum atomic E-state index is 11.5. The summed E-state index contributed by atoms with van der Waals surface area (Å²) in [6.45, 7) is 4.75. The lowest BCUT2D eigenvalue weighted by Crippen LogP contribution is -2.38. The highest BCUT2D eigenvalue weighted by molar-refractivity contribution is 7.88. The lowest BCUT2D eigenvalue weighted by molar-refractivity contribution is 0.331. The number of rotatable bonds is 2. The highest BCUT2D eigenvalue weighted by atomic mass is 32.2. The molecule has 5 heteroatoms. The summed E-state index contributed by atoms with van der Waals surface area (Å²) < 4.78 is 24.8. The van der Waals surface area contributed by atoms with Crippen LogP contribution in [0.25, 0.3) is 0 Å². The fourth-order valence-corrected chi connectivity index (χ4v) is 4.13. The average Bonchev–Trinajstić information content (AvgIpc) is 2.58. The summed E-state index contributed by atoms with van der Waals surface area (Å²) in [5, 5.41) is 3.34. The zero-order valence-electron chi connectivity index (χ0n) is 8.73. The molecule has 2 heterocycles. The lowest BCUT2D eigenvalue weighted by Gasteiger charge is -2.24. The zero-order chi connectivity index (χ0) is 10.3. The molecule has 0 aliphatic carbocycles. The number of sulfonamides is 1. The molecule has 2 fully saturated rings. The molecule has 0 aromatic heterocycles. The Hall–Kier alpha value is -0.130. The molecule has 3 unspecified atom stereocenters. The summed E-state index contributed by atoms with van der Waals surface area (Å²) in [5.74, 6) is 1.07. The van der Waals surface area contributed by atoms with Crippen LogP contribution in [-0.2, 0) is 10.0 Å². The fourth-order valence-electron chi connectivity index (χ4n) is 2.87. The second-order valence-electron chi connectivity index (χ2n) is 4.39. The molecule has 0 aromatic rings. The summed E-state index contributed by atoms with van der Waals surface area (Å²) in [7, 11) is -3.00. The molecule has 0 spiro atoms. The van der Waals surface area contributed by atoms with Crippen molar-refractivity contribution in [1.82, 2.24) is 9.62 Å². The van der Waals surface area contributed by atoms with Crippen molar-refractivity contribution in [2.24, 2.45) is 11.8 Å². The van der Waals surface area contributed by atoms with Gasteiger partial charge in [-0.15, -0.1) is 0 Å². The topological polar surface area (TPSA) is 49.4 Å². The van der Waals surface area contributed by atoms with Gasteiger partial charge in [0.2, 0.25) is 10.0 Å². The Bertz CT molecular complexity index is 315. The predicted molar refractivity (Wildman–Crippen MR) is 55.5 cm³/mol. The highest BCUT2D eigenvalue weighted by Gasteiger charge is 2.46. The summed E-state index contributed by atoms with van der Waals surface area (Å²) in [5.41, 5.74) is 0. The van der Waals surface area contributed by atoms with Crippen LogP contribution in [0.5, 0.6) is 0 Å². The van der Waals surface area contributed by atoms with E-state index in [4.69, 9.17) is 0 Å². The van der Waals surface area contributed by atoms with Crippen LogP contribution < -0.4 is 5.32 Å². The third-order valence-corrected chi connectivity index (χ3v) is 4.79. The molecule has 0 saturated carbocycles. The summed E-state index contributed by atoms with van der Waals surface area (Å²) in [6, 6.07) is 0.227. The van der Waals surface area contributed by atoms with E-state index in [1.165, 1.54) is 6.26 Å². The van der Waals surface area contributed by atoms with E-state index in [1.54, 1.807) is 4.31 Å². The second kappa shape index (κ2) is 3.47. The Balaban J connectivity index is 2.22. The van der Waals surface area contributed by atoms with Gasteiger partial charge in [0, 0.05) is 12.6 Å². The first-order valence-corrected chi connectivity index (χ1v) is 7.06. The Morgan fingerprint density at radius 3 is 2.71 bits per heavy atom. The minimum atomic E-state index is -3.00. The van der Waals surface area contributed by atoms with E-state index in [0.29, 0.717) is 11.8 Å². The van der Waals surface area contributed by atoms with Crippen molar-refractivity contribution in [3.8, 4) is 0 Å². The summed E-state index contributed by atoms with van der Waals surface area (Å²) in [6.07, 6.45) is 2.25. The van der Waals surface area contributed by atoms with Crippen LogP contribution in [0.15, 0.2) is 0 Å². The molecule has 0 bridgehead atoms. The van der Waals surface area contributed by atoms with E-state index in [1.807, 2.05) is 0 Å². The normalized spacial score (nSPS) is 38.9. The van der Waals surface area contributed by atoms with Crippen molar-refractivity contribution >= 4 is 10.0 Å². The molecule has 0 radical (unpaired) electrons. The lowest BCUT2D eigenvalue weighted by atomic mass is 9.93. The molecular weight excluding hydrogens is 200 g/mol. The zero-order valence-corrected chi connectivity index (χ0v) is 9.55. The number of hydrogen-bond acceptors (Lipinski definition) is 3. The Morgan fingerprint density at radius 1 is 1.43 bits per heavy atom. The largest absolute Gasteiger partial charge is 0.316 e. The number of fused-ring (bicyclic) bond motifs is 1. The maximum absolute atomic E-state index is 11.5. The first-order valence-electron chi connectivity index (χ1n) is 5.21. The molecule has 14 heavy (non-hydrogen) atoms. The van der Waals surface area contributed by atoms with E-state index < -0.39 is 10.0 Å². The van der Waals surface area contributed by atoms with Crippen molar-refractivity contribution in [1.29, 1.82) is 0 Å². The van der Waals surface area contributed by atoms with Crippen molar-refractivity contribution in [2.75, 3.05) is 25.9 Å². The number of nitrogens with one attached hydrogen (secondary N) is 1. The number of nitrogens with zero attached hydrogens (tertiary/aromatic N) is 1. The summed E-state index contributed by atoms with van der Waals surface area (Å²) >= 11 is 0. The van der Waals surface area contributed by atoms with E-state index >= 15 is 0 Å². The minimum absolute atomic E-state index is 0.227. The summed E-state index contributed by atoms with van der Waals surface area (Å²) in [4.78, 5) is 0. The van der Waals surface area contributed by atoms with Gasteiger partial charge in [-0.05, 0) is 31.3 Å². The van der Waals surface area contributed by atoms with Gasteiger partial charge in [-0.2, -0.15) is 4.31 Å². The second-order valence-corrected chi connectivity index (χ2v) is 6.33. The third-order valence-electron chi connectivity index (χ3n) is 3.51.